The molecular weight excluding hydrogens is 192 g/mol. The normalized spacial score (nSPS) is 9.47. The molecule has 0 amide bonds. The molecule has 0 atom stereocenters. The van der Waals surface area contributed by atoms with E-state index in [-0.39, 0.29) is 0 Å². The zero-order valence-electron chi connectivity index (χ0n) is 9.13. The number of hydrogen-bond acceptors (Lipinski definition) is 4. The fraction of sp³-hybridized carbons (Fsp3) is 0.364. The van der Waals surface area contributed by atoms with E-state index in [1.807, 2.05) is 13.1 Å². The summed E-state index contributed by atoms with van der Waals surface area (Å²) in [5.74, 6) is 1.22. The molecule has 15 heavy (non-hydrogen) atoms. The van der Waals surface area contributed by atoms with Gasteiger partial charge in [-0.15, -0.1) is 0 Å². The molecule has 4 heteroatoms. The lowest BCUT2D eigenvalue weighted by molar-refractivity contribution is 0.354. The van der Waals surface area contributed by atoms with Crippen LogP contribution in [0.1, 0.15) is 11.1 Å². The van der Waals surface area contributed by atoms with Gasteiger partial charge in [-0.05, 0) is 18.7 Å². The first-order valence-corrected chi connectivity index (χ1v) is 4.56. The molecule has 4 nitrogen and oxygen atoms in total. The summed E-state index contributed by atoms with van der Waals surface area (Å²) in [5.41, 5.74) is 1.50. The van der Waals surface area contributed by atoms with Gasteiger partial charge in [0.05, 0.1) is 25.9 Å². The Kier molecular flexibility index (Phi) is 3.95. The Morgan fingerprint density at radius 1 is 1.27 bits per heavy atom. The van der Waals surface area contributed by atoms with Gasteiger partial charge in [0.15, 0.2) is 11.5 Å². The lowest BCUT2D eigenvalue weighted by atomic mass is 10.1. The summed E-state index contributed by atoms with van der Waals surface area (Å²) in [5, 5.41) is 12.0. The van der Waals surface area contributed by atoms with E-state index in [9.17, 15) is 0 Å². The van der Waals surface area contributed by atoms with Crippen LogP contribution in [0.15, 0.2) is 12.1 Å². The fourth-order valence-corrected chi connectivity index (χ4v) is 1.36. The summed E-state index contributed by atoms with van der Waals surface area (Å²) in [4.78, 5) is 0. The van der Waals surface area contributed by atoms with Crippen molar-refractivity contribution in [3.63, 3.8) is 0 Å². The minimum Gasteiger partial charge on any atom is -0.493 e. The largest absolute Gasteiger partial charge is 0.493 e. The van der Waals surface area contributed by atoms with Crippen LogP contribution < -0.4 is 14.8 Å². The quantitative estimate of drug-likeness (QED) is 0.806. The van der Waals surface area contributed by atoms with Crippen LogP contribution in [0, 0.1) is 11.3 Å². The predicted molar refractivity (Wildman–Crippen MR) is 57.0 cm³/mol. The summed E-state index contributed by atoms with van der Waals surface area (Å²) in [6, 6.07) is 5.63. The van der Waals surface area contributed by atoms with Crippen molar-refractivity contribution in [2.75, 3.05) is 21.3 Å². The maximum Gasteiger partial charge on any atom is 0.162 e. The highest BCUT2D eigenvalue weighted by Crippen LogP contribution is 2.30. The number of ether oxygens (including phenoxy) is 2. The molecule has 0 saturated heterocycles. The number of nitrogens with one attached hydrogen (secondary N) is 1. The molecule has 0 aliphatic carbocycles. The summed E-state index contributed by atoms with van der Waals surface area (Å²) in [7, 11) is 4.96. The minimum absolute atomic E-state index is 0.578. The molecule has 0 radical (unpaired) electrons. The van der Waals surface area contributed by atoms with Crippen LogP contribution in [0.25, 0.3) is 0 Å². The van der Waals surface area contributed by atoms with Crippen molar-refractivity contribution in [2.24, 2.45) is 0 Å². The Labute approximate surface area is 89.4 Å². The number of benzene rings is 1. The Morgan fingerprint density at radius 2 is 1.87 bits per heavy atom. The van der Waals surface area contributed by atoms with E-state index < -0.39 is 0 Å². The van der Waals surface area contributed by atoms with E-state index >= 15 is 0 Å². The van der Waals surface area contributed by atoms with Gasteiger partial charge >= 0.3 is 0 Å². The monoisotopic (exact) mass is 206 g/mol. The summed E-state index contributed by atoms with van der Waals surface area (Å²) in [6.07, 6.45) is 0. The second-order valence-electron chi connectivity index (χ2n) is 3.01. The van der Waals surface area contributed by atoms with Crippen LogP contribution in [0.5, 0.6) is 11.5 Å². The molecule has 0 spiro atoms. The lowest BCUT2D eigenvalue weighted by Crippen LogP contribution is -2.07. The highest BCUT2D eigenvalue weighted by molar-refractivity contribution is 5.51. The second-order valence-corrected chi connectivity index (χ2v) is 3.01. The molecule has 0 aliphatic heterocycles. The average molecular weight is 206 g/mol. The van der Waals surface area contributed by atoms with Crippen molar-refractivity contribution in [1.82, 2.24) is 5.32 Å². The zero-order chi connectivity index (χ0) is 11.3. The van der Waals surface area contributed by atoms with E-state index in [1.54, 1.807) is 20.3 Å². The van der Waals surface area contributed by atoms with Gasteiger partial charge in [0.1, 0.15) is 0 Å². The number of hydrogen-bond donors (Lipinski definition) is 1. The zero-order valence-corrected chi connectivity index (χ0v) is 9.13. The lowest BCUT2D eigenvalue weighted by Gasteiger charge is -2.11. The third-order valence-electron chi connectivity index (χ3n) is 2.10. The smallest absolute Gasteiger partial charge is 0.162 e. The minimum atomic E-state index is 0.578. The Balaban J connectivity index is 3.22. The topological polar surface area (TPSA) is 54.3 Å². The van der Waals surface area contributed by atoms with E-state index in [2.05, 4.69) is 11.4 Å². The first-order chi connectivity index (χ1) is 7.26. The van der Waals surface area contributed by atoms with Crippen LogP contribution >= 0.6 is 0 Å². The molecule has 0 aromatic heterocycles. The molecule has 1 aromatic carbocycles. The fourth-order valence-electron chi connectivity index (χ4n) is 1.36. The molecule has 1 rings (SSSR count). The summed E-state index contributed by atoms with van der Waals surface area (Å²) in [6.45, 7) is 0.628. The van der Waals surface area contributed by atoms with Gasteiger partial charge in [-0.3, -0.25) is 0 Å². The van der Waals surface area contributed by atoms with Crippen LogP contribution in [0.3, 0.4) is 0 Å². The Bertz CT molecular complexity index is 383. The SMILES string of the molecule is CNCc1cc(OC)c(OC)cc1C#N. The van der Waals surface area contributed by atoms with E-state index in [0.717, 1.165) is 5.56 Å². The van der Waals surface area contributed by atoms with Gasteiger partial charge in [0.25, 0.3) is 0 Å². The van der Waals surface area contributed by atoms with Crippen LogP contribution in [-0.2, 0) is 6.54 Å². The van der Waals surface area contributed by atoms with Crippen molar-refractivity contribution < 1.29 is 9.47 Å². The van der Waals surface area contributed by atoms with Crippen LogP contribution in [0.4, 0.5) is 0 Å². The molecule has 0 unspecified atom stereocenters. The number of methoxy groups -OCH3 is 2. The highest BCUT2D eigenvalue weighted by Gasteiger charge is 2.09. The molecule has 1 N–H and O–H groups in total. The second kappa shape index (κ2) is 5.23. The van der Waals surface area contributed by atoms with Crippen molar-refractivity contribution in [1.29, 1.82) is 5.26 Å². The average Bonchev–Trinajstić information content (AvgIpc) is 2.28. The van der Waals surface area contributed by atoms with Gasteiger partial charge in [0.2, 0.25) is 0 Å². The third kappa shape index (κ3) is 2.39. The molecular formula is C11H14N2O2. The first kappa shape index (κ1) is 11.3. The molecule has 0 bridgehead atoms. The van der Waals surface area contributed by atoms with Gasteiger partial charge in [-0.25, -0.2) is 0 Å². The highest BCUT2D eigenvalue weighted by atomic mass is 16.5. The van der Waals surface area contributed by atoms with Crippen LogP contribution in [-0.4, -0.2) is 21.3 Å². The molecule has 1 aromatic rings. The molecule has 0 fully saturated rings. The van der Waals surface area contributed by atoms with Crippen molar-refractivity contribution in [3.8, 4) is 17.6 Å². The van der Waals surface area contributed by atoms with Gasteiger partial charge < -0.3 is 14.8 Å². The molecule has 0 saturated carbocycles. The number of nitriles is 1. The van der Waals surface area contributed by atoms with Gasteiger partial charge in [-0.1, -0.05) is 0 Å². The maximum atomic E-state index is 8.95. The van der Waals surface area contributed by atoms with Gasteiger partial charge in [0, 0.05) is 12.6 Å². The maximum absolute atomic E-state index is 8.95. The number of nitrogens with zero attached hydrogens (tertiary/aromatic N) is 1. The summed E-state index contributed by atoms with van der Waals surface area (Å²) >= 11 is 0. The standard InChI is InChI=1S/C11H14N2O2/c1-13-7-9-5-11(15-3)10(14-2)4-8(9)6-12/h4-5,13H,7H2,1-3H3. The van der Waals surface area contributed by atoms with Crippen molar-refractivity contribution in [3.05, 3.63) is 23.3 Å². The van der Waals surface area contributed by atoms with E-state index in [0.29, 0.717) is 23.6 Å². The predicted octanol–water partition coefficient (Wildman–Crippen LogP) is 1.29. The van der Waals surface area contributed by atoms with E-state index in [4.69, 9.17) is 14.7 Å². The first-order valence-electron chi connectivity index (χ1n) is 4.56. The van der Waals surface area contributed by atoms with E-state index in [1.165, 1.54) is 0 Å². The van der Waals surface area contributed by atoms with Gasteiger partial charge in [-0.2, -0.15) is 5.26 Å². The Hall–Kier alpha value is -1.73. The van der Waals surface area contributed by atoms with Crippen LogP contribution in [0.2, 0.25) is 0 Å². The van der Waals surface area contributed by atoms with Crippen molar-refractivity contribution >= 4 is 0 Å². The third-order valence-corrected chi connectivity index (χ3v) is 2.10. The molecule has 80 valence electrons. The molecule has 0 aliphatic rings. The summed E-state index contributed by atoms with van der Waals surface area (Å²) < 4.78 is 10.3. The van der Waals surface area contributed by atoms with Crippen molar-refractivity contribution in [2.45, 2.75) is 6.54 Å². The molecule has 0 heterocycles. The Morgan fingerprint density at radius 3 is 2.33 bits per heavy atom. The number of rotatable bonds is 4.